The fraction of sp³-hybridized carbons (Fsp3) is 0.667. The molecule has 0 bridgehead atoms. The van der Waals surface area contributed by atoms with Gasteiger partial charge in [0.05, 0.1) is 0 Å². The molecular formula is C6H9I. The van der Waals surface area contributed by atoms with Gasteiger partial charge < -0.3 is 0 Å². The maximum Gasteiger partial charge on any atom is 0.00638 e. The molecule has 0 radical (unpaired) electrons. The van der Waals surface area contributed by atoms with Gasteiger partial charge in [0.1, 0.15) is 0 Å². The fourth-order valence-electron chi connectivity index (χ4n) is 0.682. The van der Waals surface area contributed by atoms with Gasteiger partial charge in [-0.1, -0.05) is 41.7 Å². The van der Waals surface area contributed by atoms with Crippen molar-refractivity contribution in [2.75, 3.05) is 4.43 Å². The Morgan fingerprint density at radius 3 is 2.29 bits per heavy atom. The molecule has 0 amide bonds. The molecule has 0 heterocycles. The van der Waals surface area contributed by atoms with Crippen molar-refractivity contribution < 1.29 is 0 Å². The highest BCUT2D eigenvalue weighted by Gasteiger charge is 2.16. The molecule has 0 aliphatic heterocycles. The summed E-state index contributed by atoms with van der Waals surface area (Å²) in [5, 5.41) is 0. The molecule has 0 saturated carbocycles. The van der Waals surface area contributed by atoms with Crippen LogP contribution in [0.25, 0.3) is 0 Å². The molecule has 0 fully saturated rings. The summed E-state index contributed by atoms with van der Waals surface area (Å²) in [6, 6.07) is 0. The van der Waals surface area contributed by atoms with Crippen LogP contribution in [-0.4, -0.2) is 4.43 Å². The minimum Gasteiger partial charge on any atom is -0.0857 e. The zero-order valence-corrected chi connectivity index (χ0v) is 6.55. The number of halogens is 1. The van der Waals surface area contributed by atoms with Gasteiger partial charge in [0.15, 0.2) is 0 Å². The van der Waals surface area contributed by atoms with Crippen molar-refractivity contribution in [1.82, 2.24) is 0 Å². The van der Waals surface area contributed by atoms with Gasteiger partial charge in [-0.15, -0.1) is 0 Å². The Balaban J connectivity index is 2.33. The largest absolute Gasteiger partial charge is 0.0857 e. The summed E-state index contributed by atoms with van der Waals surface area (Å²) >= 11 is 2.43. The van der Waals surface area contributed by atoms with E-state index in [9.17, 15) is 0 Å². The highest BCUT2D eigenvalue weighted by molar-refractivity contribution is 14.1. The molecule has 2 atom stereocenters. The first-order valence-corrected chi connectivity index (χ1v) is 4.11. The van der Waals surface area contributed by atoms with Crippen LogP contribution in [0.2, 0.25) is 0 Å². The van der Waals surface area contributed by atoms with Crippen LogP contribution in [-0.2, 0) is 0 Å². The SMILES string of the molecule is C[C@H]1C=C[C@H]1CI. The predicted octanol–water partition coefficient (Wildman–Crippen LogP) is 2.24. The standard InChI is InChI=1S/C6H9I/c1-5-2-3-6(5)4-7/h2-3,5-6H,4H2,1H3/t5-,6-/m0/s1. The third-order valence-electron chi connectivity index (χ3n) is 1.52. The molecule has 1 aliphatic rings. The van der Waals surface area contributed by atoms with Gasteiger partial charge >= 0.3 is 0 Å². The zero-order valence-electron chi connectivity index (χ0n) is 4.39. The molecule has 0 nitrogen and oxygen atoms in total. The lowest BCUT2D eigenvalue weighted by Crippen LogP contribution is -2.15. The molecule has 0 unspecified atom stereocenters. The van der Waals surface area contributed by atoms with Crippen molar-refractivity contribution in [3.63, 3.8) is 0 Å². The van der Waals surface area contributed by atoms with Gasteiger partial charge in [-0.3, -0.25) is 0 Å². The van der Waals surface area contributed by atoms with E-state index in [0.717, 1.165) is 11.8 Å². The summed E-state index contributed by atoms with van der Waals surface area (Å²) in [5.41, 5.74) is 0. The van der Waals surface area contributed by atoms with Gasteiger partial charge in [-0.25, -0.2) is 0 Å². The van der Waals surface area contributed by atoms with Gasteiger partial charge in [0.2, 0.25) is 0 Å². The van der Waals surface area contributed by atoms with Gasteiger partial charge in [-0.05, 0) is 11.8 Å². The summed E-state index contributed by atoms with van der Waals surface area (Å²) in [7, 11) is 0. The minimum absolute atomic E-state index is 0.858. The Kier molecular flexibility index (Phi) is 1.73. The topological polar surface area (TPSA) is 0 Å². The van der Waals surface area contributed by atoms with E-state index in [1.165, 1.54) is 4.43 Å². The van der Waals surface area contributed by atoms with Crippen LogP contribution in [0.3, 0.4) is 0 Å². The van der Waals surface area contributed by atoms with Crippen molar-refractivity contribution in [3.05, 3.63) is 12.2 Å². The van der Waals surface area contributed by atoms with E-state index >= 15 is 0 Å². The zero-order chi connectivity index (χ0) is 5.28. The molecule has 0 N–H and O–H groups in total. The van der Waals surface area contributed by atoms with E-state index < -0.39 is 0 Å². The lowest BCUT2D eigenvalue weighted by atomic mass is 9.86. The van der Waals surface area contributed by atoms with Crippen molar-refractivity contribution in [2.24, 2.45) is 11.8 Å². The number of rotatable bonds is 1. The summed E-state index contributed by atoms with van der Waals surface area (Å²) < 4.78 is 1.29. The van der Waals surface area contributed by atoms with Crippen molar-refractivity contribution in [3.8, 4) is 0 Å². The average Bonchev–Trinajstić information content (AvgIpc) is 1.65. The second-order valence-electron chi connectivity index (χ2n) is 2.06. The van der Waals surface area contributed by atoms with Crippen molar-refractivity contribution in [1.29, 1.82) is 0 Å². The quantitative estimate of drug-likeness (QED) is 0.352. The molecule has 40 valence electrons. The van der Waals surface area contributed by atoms with E-state index in [1.54, 1.807) is 0 Å². The first kappa shape index (κ1) is 5.60. The fourth-order valence-corrected chi connectivity index (χ4v) is 1.78. The Bertz CT molecular complexity index is 86.2. The predicted molar refractivity (Wildman–Crippen MR) is 40.7 cm³/mol. The van der Waals surface area contributed by atoms with Crippen LogP contribution >= 0.6 is 22.6 Å². The van der Waals surface area contributed by atoms with Crippen LogP contribution in [0.15, 0.2) is 12.2 Å². The minimum atomic E-state index is 0.858. The Labute approximate surface area is 58.1 Å². The van der Waals surface area contributed by atoms with Gasteiger partial charge in [-0.2, -0.15) is 0 Å². The Morgan fingerprint density at radius 1 is 1.57 bits per heavy atom. The van der Waals surface area contributed by atoms with E-state index in [-0.39, 0.29) is 0 Å². The highest BCUT2D eigenvalue weighted by Crippen LogP contribution is 2.25. The number of alkyl halides is 1. The average molecular weight is 208 g/mol. The number of allylic oxidation sites excluding steroid dienone is 2. The lowest BCUT2D eigenvalue weighted by molar-refractivity contribution is 0.515. The second-order valence-corrected chi connectivity index (χ2v) is 2.94. The third-order valence-corrected chi connectivity index (χ3v) is 2.53. The molecule has 7 heavy (non-hydrogen) atoms. The second kappa shape index (κ2) is 2.16. The number of hydrogen-bond donors (Lipinski definition) is 0. The molecular weight excluding hydrogens is 199 g/mol. The van der Waals surface area contributed by atoms with Crippen LogP contribution in [0.1, 0.15) is 6.92 Å². The van der Waals surface area contributed by atoms with Crippen molar-refractivity contribution in [2.45, 2.75) is 6.92 Å². The molecule has 0 aromatic heterocycles. The number of hydrogen-bond acceptors (Lipinski definition) is 0. The van der Waals surface area contributed by atoms with Crippen LogP contribution in [0.5, 0.6) is 0 Å². The molecule has 0 spiro atoms. The maximum absolute atomic E-state index is 2.43. The monoisotopic (exact) mass is 208 g/mol. The highest BCUT2D eigenvalue weighted by atomic mass is 127. The molecule has 0 aromatic carbocycles. The van der Waals surface area contributed by atoms with E-state index in [4.69, 9.17) is 0 Å². The molecule has 1 aliphatic carbocycles. The van der Waals surface area contributed by atoms with Gasteiger partial charge in [0, 0.05) is 4.43 Å². The van der Waals surface area contributed by atoms with E-state index in [2.05, 4.69) is 41.7 Å². The van der Waals surface area contributed by atoms with E-state index in [1.807, 2.05) is 0 Å². The Hall–Kier alpha value is 0.470. The first-order valence-electron chi connectivity index (χ1n) is 2.59. The molecule has 0 saturated heterocycles. The summed E-state index contributed by atoms with van der Waals surface area (Å²) in [6.07, 6.45) is 4.56. The molecule has 1 rings (SSSR count). The van der Waals surface area contributed by atoms with Crippen LogP contribution < -0.4 is 0 Å². The maximum atomic E-state index is 2.43. The Morgan fingerprint density at radius 2 is 2.29 bits per heavy atom. The smallest absolute Gasteiger partial charge is 0.00638 e. The summed E-state index contributed by atoms with van der Waals surface area (Å²) in [4.78, 5) is 0. The molecule has 1 heteroatoms. The first-order chi connectivity index (χ1) is 3.34. The van der Waals surface area contributed by atoms with Crippen LogP contribution in [0, 0.1) is 11.8 Å². The molecule has 0 aromatic rings. The van der Waals surface area contributed by atoms with Gasteiger partial charge in [0.25, 0.3) is 0 Å². The summed E-state index contributed by atoms with van der Waals surface area (Å²) in [6.45, 7) is 2.27. The normalized spacial score (nSPS) is 38.0. The van der Waals surface area contributed by atoms with Crippen LogP contribution in [0.4, 0.5) is 0 Å². The van der Waals surface area contributed by atoms with E-state index in [0.29, 0.717) is 0 Å². The van der Waals surface area contributed by atoms with Crippen molar-refractivity contribution >= 4 is 22.6 Å². The summed E-state index contributed by atoms with van der Waals surface area (Å²) in [5.74, 6) is 1.75. The third kappa shape index (κ3) is 0.983. The lowest BCUT2D eigenvalue weighted by Gasteiger charge is -2.22.